The van der Waals surface area contributed by atoms with Crippen molar-refractivity contribution in [3.63, 3.8) is 0 Å². The number of nitrogens with one attached hydrogen (secondary N) is 2. The quantitative estimate of drug-likeness (QED) is 0.337. The number of amides is 2. The first kappa shape index (κ1) is 22.6. The predicted molar refractivity (Wildman–Crippen MR) is 141 cm³/mol. The van der Waals surface area contributed by atoms with Gasteiger partial charge in [0.2, 0.25) is 5.91 Å². The van der Waals surface area contributed by atoms with Crippen molar-refractivity contribution in [2.75, 3.05) is 18.4 Å². The molecule has 0 bridgehead atoms. The average molecular weight is 465 g/mol. The number of anilines is 1. The fourth-order valence-corrected chi connectivity index (χ4v) is 4.80. The maximum absolute atomic E-state index is 12.7. The van der Waals surface area contributed by atoms with E-state index >= 15 is 0 Å². The number of fused-ring (bicyclic) bond motifs is 1. The molecule has 2 amide bonds. The fraction of sp³-hybridized carbons (Fsp3) is 0.172. The molecule has 176 valence electrons. The lowest BCUT2D eigenvalue weighted by Crippen LogP contribution is -2.27. The van der Waals surface area contributed by atoms with Crippen molar-refractivity contribution in [1.29, 1.82) is 0 Å². The average Bonchev–Trinajstić information content (AvgIpc) is 3.58. The van der Waals surface area contributed by atoms with Gasteiger partial charge in [0.1, 0.15) is 0 Å². The maximum Gasteiger partial charge on any atom is 0.253 e. The standard InChI is InChI=1S/C29H28N4O2/c1-2-28(34)32-26-10-6-8-22(24(26)18-30)21-7-5-9-25-23(21)17-27(31-25)19-11-13-20(14-12-19)29(35)33-15-3-4-16-33/h2,5-14,17,31H,1,3-4,15-16,18,30H2,(H,32,34). The van der Waals surface area contributed by atoms with Crippen LogP contribution in [0.4, 0.5) is 5.69 Å². The molecule has 0 unspecified atom stereocenters. The summed E-state index contributed by atoms with van der Waals surface area (Å²) < 4.78 is 0. The third-order valence-corrected chi connectivity index (χ3v) is 6.61. The molecule has 0 radical (unpaired) electrons. The van der Waals surface area contributed by atoms with Crippen molar-refractivity contribution in [2.24, 2.45) is 5.73 Å². The molecule has 5 rings (SSSR count). The van der Waals surface area contributed by atoms with Crippen molar-refractivity contribution in [2.45, 2.75) is 19.4 Å². The minimum Gasteiger partial charge on any atom is -0.355 e. The number of carbonyl (C=O) groups excluding carboxylic acids is 2. The van der Waals surface area contributed by atoms with Crippen molar-refractivity contribution in [3.05, 3.63) is 90.5 Å². The molecule has 6 heteroatoms. The van der Waals surface area contributed by atoms with Crippen molar-refractivity contribution >= 4 is 28.4 Å². The van der Waals surface area contributed by atoms with Gasteiger partial charge in [0.25, 0.3) is 5.91 Å². The molecule has 2 heterocycles. The summed E-state index contributed by atoms with van der Waals surface area (Å²) in [4.78, 5) is 30.0. The molecule has 0 atom stereocenters. The largest absolute Gasteiger partial charge is 0.355 e. The highest BCUT2D eigenvalue weighted by Gasteiger charge is 2.19. The van der Waals surface area contributed by atoms with E-state index in [4.69, 9.17) is 5.73 Å². The van der Waals surface area contributed by atoms with E-state index in [1.54, 1.807) is 0 Å². The first-order valence-electron chi connectivity index (χ1n) is 11.9. The molecule has 1 fully saturated rings. The summed E-state index contributed by atoms with van der Waals surface area (Å²) in [5.74, 6) is -0.170. The lowest BCUT2D eigenvalue weighted by molar-refractivity contribution is -0.111. The van der Waals surface area contributed by atoms with E-state index in [1.807, 2.05) is 59.5 Å². The van der Waals surface area contributed by atoms with Crippen LogP contribution in [0.15, 0.2) is 79.4 Å². The Balaban J connectivity index is 1.51. The van der Waals surface area contributed by atoms with Gasteiger partial charge in [0.15, 0.2) is 0 Å². The van der Waals surface area contributed by atoms with E-state index in [0.717, 1.165) is 70.3 Å². The zero-order valence-corrected chi connectivity index (χ0v) is 19.5. The Hall–Kier alpha value is -4.16. The number of nitrogens with zero attached hydrogens (tertiary/aromatic N) is 1. The van der Waals surface area contributed by atoms with Crippen LogP contribution in [0.3, 0.4) is 0 Å². The van der Waals surface area contributed by atoms with E-state index in [1.165, 1.54) is 6.08 Å². The number of likely N-dealkylation sites (tertiary alicyclic amines) is 1. The Morgan fingerprint density at radius 3 is 2.43 bits per heavy atom. The number of rotatable bonds is 6. The van der Waals surface area contributed by atoms with Gasteiger partial charge in [-0.05, 0) is 71.5 Å². The van der Waals surface area contributed by atoms with Crippen LogP contribution < -0.4 is 11.1 Å². The summed E-state index contributed by atoms with van der Waals surface area (Å²) in [5.41, 5.74) is 13.4. The third kappa shape index (κ3) is 4.36. The first-order valence-corrected chi connectivity index (χ1v) is 11.9. The Morgan fingerprint density at radius 2 is 1.71 bits per heavy atom. The third-order valence-electron chi connectivity index (χ3n) is 6.61. The van der Waals surface area contributed by atoms with Gasteiger partial charge in [-0.3, -0.25) is 9.59 Å². The summed E-state index contributed by atoms with van der Waals surface area (Å²) in [6, 6.07) is 21.8. The Bertz CT molecular complexity index is 1410. The molecule has 1 aliphatic rings. The van der Waals surface area contributed by atoms with Crippen LogP contribution >= 0.6 is 0 Å². The predicted octanol–water partition coefficient (Wildman–Crippen LogP) is 5.32. The van der Waals surface area contributed by atoms with Crippen molar-refractivity contribution in [3.8, 4) is 22.4 Å². The van der Waals surface area contributed by atoms with E-state index in [-0.39, 0.29) is 18.4 Å². The van der Waals surface area contributed by atoms with Crippen LogP contribution in [0, 0.1) is 0 Å². The summed E-state index contributed by atoms with van der Waals surface area (Å²) in [7, 11) is 0. The Morgan fingerprint density at radius 1 is 1.00 bits per heavy atom. The molecule has 0 spiro atoms. The number of hydrogen-bond acceptors (Lipinski definition) is 3. The molecule has 1 aromatic heterocycles. The number of benzene rings is 3. The molecular formula is C29H28N4O2. The summed E-state index contributed by atoms with van der Waals surface area (Å²) in [6.45, 7) is 5.50. The van der Waals surface area contributed by atoms with Crippen molar-refractivity contribution in [1.82, 2.24) is 9.88 Å². The number of aromatic amines is 1. The smallest absolute Gasteiger partial charge is 0.253 e. The van der Waals surface area contributed by atoms with E-state index in [2.05, 4.69) is 29.0 Å². The Kier molecular flexibility index (Phi) is 6.21. The number of carbonyl (C=O) groups is 2. The minimum absolute atomic E-state index is 0.103. The van der Waals surface area contributed by atoms with E-state index in [0.29, 0.717) is 5.69 Å². The molecule has 1 saturated heterocycles. The molecule has 3 aromatic carbocycles. The van der Waals surface area contributed by atoms with Crippen LogP contribution in [0.5, 0.6) is 0 Å². The molecular weight excluding hydrogens is 436 g/mol. The lowest BCUT2D eigenvalue weighted by atomic mass is 9.95. The maximum atomic E-state index is 12.7. The molecule has 0 aliphatic carbocycles. The van der Waals surface area contributed by atoms with Crippen LogP contribution in [0.1, 0.15) is 28.8 Å². The second-order valence-electron chi connectivity index (χ2n) is 8.76. The number of hydrogen-bond donors (Lipinski definition) is 3. The highest BCUT2D eigenvalue weighted by atomic mass is 16.2. The SMILES string of the molecule is C=CC(=O)Nc1cccc(-c2cccc3[nH]c(-c4ccc(C(=O)N5CCCC5)cc4)cc23)c1CN. The van der Waals surface area contributed by atoms with Gasteiger partial charge in [0.05, 0.1) is 0 Å². The Labute approximate surface area is 204 Å². The molecule has 1 aliphatic heterocycles. The van der Waals surface area contributed by atoms with Gasteiger partial charge in [-0.15, -0.1) is 0 Å². The van der Waals surface area contributed by atoms with Gasteiger partial charge < -0.3 is 20.9 Å². The van der Waals surface area contributed by atoms with Crippen LogP contribution in [-0.4, -0.2) is 34.8 Å². The lowest BCUT2D eigenvalue weighted by Gasteiger charge is -2.15. The number of H-pyrrole nitrogens is 1. The van der Waals surface area contributed by atoms with Gasteiger partial charge in [0, 0.05) is 47.5 Å². The molecule has 4 aromatic rings. The van der Waals surface area contributed by atoms with Crippen LogP contribution in [-0.2, 0) is 11.3 Å². The van der Waals surface area contributed by atoms with E-state index in [9.17, 15) is 9.59 Å². The second kappa shape index (κ2) is 9.60. The molecule has 6 nitrogen and oxygen atoms in total. The zero-order valence-electron chi connectivity index (χ0n) is 19.5. The van der Waals surface area contributed by atoms with Gasteiger partial charge >= 0.3 is 0 Å². The van der Waals surface area contributed by atoms with Gasteiger partial charge in [-0.2, -0.15) is 0 Å². The van der Waals surface area contributed by atoms with Crippen molar-refractivity contribution < 1.29 is 9.59 Å². The summed E-state index contributed by atoms with van der Waals surface area (Å²) >= 11 is 0. The number of nitrogens with two attached hydrogens (primary N) is 1. The summed E-state index contributed by atoms with van der Waals surface area (Å²) in [5, 5.41) is 3.92. The molecule has 0 saturated carbocycles. The zero-order chi connectivity index (χ0) is 24.4. The van der Waals surface area contributed by atoms with E-state index < -0.39 is 0 Å². The highest BCUT2D eigenvalue weighted by molar-refractivity contribution is 6.03. The minimum atomic E-state index is -0.273. The second-order valence-corrected chi connectivity index (χ2v) is 8.76. The van der Waals surface area contributed by atoms with Crippen LogP contribution in [0.2, 0.25) is 0 Å². The normalized spacial score (nSPS) is 13.2. The van der Waals surface area contributed by atoms with Crippen LogP contribution in [0.25, 0.3) is 33.3 Å². The first-order chi connectivity index (χ1) is 17.1. The highest BCUT2D eigenvalue weighted by Crippen LogP contribution is 2.36. The fourth-order valence-electron chi connectivity index (χ4n) is 4.80. The topological polar surface area (TPSA) is 91.2 Å². The van der Waals surface area contributed by atoms with Gasteiger partial charge in [-0.1, -0.05) is 43.0 Å². The monoisotopic (exact) mass is 464 g/mol. The summed E-state index contributed by atoms with van der Waals surface area (Å²) in [6.07, 6.45) is 3.41. The van der Waals surface area contributed by atoms with Gasteiger partial charge in [-0.25, -0.2) is 0 Å². The molecule has 4 N–H and O–H groups in total. The molecule has 35 heavy (non-hydrogen) atoms. The number of aromatic nitrogens is 1.